The number of benzene rings is 2. The second-order valence-electron chi connectivity index (χ2n) is 6.49. The van der Waals surface area contributed by atoms with Crippen molar-refractivity contribution in [2.75, 3.05) is 20.8 Å². The molecule has 7 nitrogen and oxygen atoms in total. The van der Waals surface area contributed by atoms with Gasteiger partial charge in [0.1, 0.15) is 16.8 Å². The van der Waals surface area contributed by atoms with E-state index in [9.17, 15) is 14.9 Å². The number of allylic oxidation sites excluding steroid dienone is 1. The van der Waals surface area contributed by atoms with Crippen LogP contribution in [0.4, 0.5) is 0 Å². The van der Waals surface area contributed by atoms with E-state index in [-0.39, 0.29) is 11.1 Å². The van der Waals surface area contributed by atoms with Crippen LogP contribution in [-0.4, -0.2) is 37.7 Å². The molecule has 0 saturated heterocycles. The number of nitriles is 1. The molecule has 0 bridgehead atoms. The molecule has 8 heteroatoms. The highest BCUT2D eigenvalue weighted by Gasteiger charge is 2.15. The molecule has 1 aromatic heterocycles. The summed E-state index contributed by atoms with van der Waals surface area (Å²) in [5.74, 6) is -0.428. The molecule has 0 spiro atoms. The summed E-state index contributed by atoms with van der Waals surface area (Å²) >= 11 is 1.32. The van der Waals surface area contributed by atoms with Crippen molar-refractivity contribution in [1.82, 2.24) is 4.98 Å². The number of ether oxygens (including phenoxy) is 3. The fourth-order valence-electron chi connectivity index (χ4n) is 2.93. The quantitative estimate of drug-likeness (QED) is 0.376. The average molecular weight is 449 g/mol. The minimum Gasteiger partial charge on any atom is -0.494 e. The van der Waals surface area contributed by atoms with Crippen molar-refractivity contribution < 1.29 is 23.8 Å². The standard InChI is InChI=1S/C24H20N2O5S/c1-4-31-20-7-5-16(6-8-20)21-14-32-22(26-21)19(13-25)11-15-9-17(23(27)29-2)12-18(10-15)24(28)30-3/h5-12,14H,4H2,1-3H3. The summed E-state index contributed by atoms with van der Waals surface area (Å²) in [6, 6.07) is 14.1. The molecule has 0 saturated carbocycles. The summed E-state index contributed by atoms with van der Waals surface area (Å²) in [4.78, 5) is 28.6. The molecule has 0 aliphatic rings. The Morgan fingerprint density at radius 1 is 1.06 bits per heavy atom. The number of rotatable bonds is 7. The van der Waals surface area contributed by atoms with Crippen LogP contribution in [0.3, 0.4) is 0 Å². The van der Waals surface area contributed by atoms with Crippen molar-refractivity contribution in [1.29, 1.82) is 5.26 Å². The molecule has 162 valence electrons. The van der Waals surface area contributed by atoms with E-state index < -0.39 is 11.9 Å². The van der Waals surface area contributed by atoms with Crippen molar-refractivity contribution in [3.8, 4) is 23.1 Å². The summed E-state index contributed by atoms with van der Waals surface area (Å²) in [6.07, 6.45) is 1.57. The minimum absolute atomic E-state index is 0.174. The largest absolute Gasteiger partial charge is 0.494 e. The van der Waals surface area contributed by atoms with Gasteiger partial charge in [-0.05, 0) is 61.0 Å². The van der Waals surface area contributed by atoms with Gasteiger partial charge in [0, 0.05) is 10.9 Å². The monoisotopic (exact) mass is 448 g/mol. The third-order valence-electron chi connectivity index (χ3n) is 4.42. The first kappa shape index (κ1) is 22.7. The number of methoxy groups -OCH3 is 2. The number of esters is 2. The second-order valence-corrected chi connectivity index (χ2v) is 7.35. The van der Waals surface area contributed by atoms with Crippen molar-refractivity contribution in [2.45, 2.75) is 6.92 Å². The van der Waals surface area contributed by atoms with Crippen LogP contribution in [0.5, 0.6) is 5.75 Å². The summed E-state index contributed by atoms with van der Waals surface area (Å²) < 4.78 is 15.0. The van der Waals surface area contributed by atoms with E-state index in [2.05, 4.69) is 11.1 Å². The number of thiazole rings is 1. The second kappa shape index (κ2) is 10.4. The van der Waals surface area contributed by atoms with Crippen LogP contribution in [0, 0.1) is 11.3 Å². The maximum atomic E-state index is 12.0. The molecule has 0 amide bonds. The van der Waals surface area contributed by atoms with Gasteiger partial charge in [0.15, 0.2) is 0 Å². The van der Waals surface area contributed by atoms with Crippen LogP contribution in [0.15, 0.2) is 47.8 Å². The molecular weight excluding hydrogens is 428 g/mol. The SMILES string of the molecule is CCOc1ccc(-c2csc(C(C#N)=Cc3cc(C(=O)OC)cc(C(=O)OC)c3)n2)cc1. The number of carbonyl (C=O) groups excluding carboxylic acids is 2. The molecule has 0 atom stereocenters. The smallest absolute Gasteiger partial charge is 0.337 e. The van der Waals surface area contributed by atoms with Gasteiger partial charge in [-0.2, -0.15) is 5.26 Å². The van der Waals surface area contributed by atoms with Gasteiger partial charge in [0.2, 0.25) is 0 Å². The molecule has 3 aromatic rings. The van der Waals surface area contributed by atoms with Crippen LogP contribution < -0.4 is 4.74 Å². The lowest BCUT2D eigenvalue weighted by molar-refractivity contribution is 0.0599. The Morgan fingerprint density at radius 3 is 2.22 bits per heavy atom. The van der Waals surface area contributed by atoms with E-state index in [1.165, 1.54) is 43.8 Å². The van der Waals surface area contributed by atoms with Gasteiger partial charge in [-0.3, -0.25) is 0 Å². The Hall–Kier alpha value is -3.96. The number of nitrogens with zero attached hydrogens (tertiary/aromatic N) is 2. The van der Waals surface area contributed by atoms with Crippen LogP contribution in [-0.2, 0) is 9.47 Å². The summed E-state index contributed by atoms with van der Waals surface area (Å²) in [5, 5.41) is 12.1. The first-order valence-corrected chi connectivity index (χ1v) is 10.5. The Bertz CT molecular complexity index is 1170. The predicted octanol–water partition coefficient (Wildman–Crippen LogP) is 4.85. The molecule has 0 aliphatic heterocycles. The predicted molar refractivity (Wildman–Crippen MR) is 121 cm³/mol. The topological polar surface area (TPSA) is 98.5 Å². The molecule has 0 radical (unpaired) electrons. The molecule has 3 rings (SSSR count). The first-order chi connectivity index (χ1) is 15.5. The number of hydrogen-bond acceptors (Lipinski definition) is 8. The fourth-order valence-corrected chi connectivity index (χ4v) is 3.73. The van der Waals surface area contributed by atoms with Gasteiger partial charge in [-0.1, -0.05) is 0 Å². The van der Waals surface area contributed by atoms with Crippen molar-refractivity contribution in [3.05, 3.63) is 69.5 Å². The Kier molecular flexibility index (Phi) is 7.37. The molecule has 0 fully saturated rings. The van der Waals surface area contributed by atoms with Crippen molar-refractivity contribution in [2.24, 2.45) is 0 Å². The zero-order chi connectivity index (χ0) is 23.1. The van der Waals surface area contributed by atoms with Crippen LogP contribution >= 0.6 is 11.3 Å². The Morgan fingerprint density at radius 2 is 1.69 bits per heavy atom. The van der Waals surface area contributed by atoms with Gasteiger partial charge in [0.05, 0.1) is 43.2 Å². The van der Waals surface area contributed by atoms with E-state index in [0.717, 1.165) is 17.0 Å². The zero-order valence-electron chi connectivity index (χ0n) is 17.7. The molecule has 0 aliphatic carbocycles. The lowest BCUT2D eigenvalue weighted by Crippen LogP contribution is -2.07. The molecule has 0 N–H and O–H groups in total. The first-order valence-electron chi connectivity index (χ1n) is 9.61. The van der Waals surface area contributed by atoms with Gasteiger partial charge >= 0.3 is 11.9 Å². The molecule has 32 heavy (non-hydrogen) atoms. The van der Waals surface area contributed by atoms with Crippen LogP contribution in [0.25, 0.3) is 22.9 Å². The maximum absolute atomic E-state index is 12.0. The number of aromatic nitrogens is 1. The van der Waals surface area contributed by atoms with Crippen molar-refractivity contribution in [3.63, 3.8) is 0 Å². The van der Waals surface area contributed by atoms with Gasteiger partial charge in [-0.15, -0.1) is 11.3 Å². The van der Waals surface area contributed by atoms with E-state index in [1.807, 2.05) is 36.6 Å². The van der Waals surface area contributed by atoms with Gasteiger partial charge in [0.25, 0.3) is 0 Å². The van der Waals surface area contributed by atoms with E-state index in [4.69, 9.17) is 14.2 Å². The van der Waals surface area contributed by atoms with E-state index in [0.29, 0.717) is 22.8 Å². The van der Waals surface area contributed by atoms with Gasteiger partial charge in [-0.25, -0.2) is 14.6 Å². The Balaban J connectivity index is 1.96. The fraction of sp³-hybridized carbons (Fsp3) is 0.167. The van der Waals surface area contributed by atoms with E-state index >= 15 is 0 Å². The van der Waals surface area contributed by atoms with Crippen LogP contribution in [0.2, 0.25) is 0 Å². The van der Waals surface area contributed by atoms with Gasteiger partial charge < -0.3 is 14.2 Å². The summed E-state index contributed by atoms with van der Waals surface area (Å²) in [7, 11) is 2.50. The third kappa shape index (κ3) is 5.20. The summed E-state index contributed by atoms with van der Waals surface area (Å²) in [6.45, 7) is 2.51. The lowest BCUT2D eigenvalue weighted by Gasteiger charge is -2.06. The highest BCUT2D eigenvalue weighted by Crippen LogP contribution is 2.29. The highest BCUT2D eigenvalue weighted by molar-refractivity contribution is 7.11. The highest BCUT2D eigenvalue weighted by atomic mass is 32.1. The van der Waals surface area contributed by atoms with Crippen molar-refractivity contribution >= 4 is 34.9 Å². The minimum atomic E-state index is -0.601. The number of carbonyl (C=O) groups is 2. The maximum Gasteiger partial charge on any atom is 0.337 e. The summed E-state index contributed by atoms with van der Waals surface area (Å²) in [5.41, 5.74) is 2.75. The average Bonchev–Trinajstić information content (AvgIpc) is 3.32. The molecule has 0 unspecified atom stereocenters. The lowest BCUT2D eigenvalue weighted by atomic mass is 10.0. The van der Waals surface area contributed by atoms with Crippen LogP contribution in [0.1, 0.15) is 38.2 Å². The molecule has 2 aromatic carbocycles. The normalized spacial score (nSPS) is 10.9. The Labute approximate surface area is 189 Å². The zero-order valence-corrected chi connectivity index (χ0v) is 18.6. The molecule has 1 heterocycles. The van der Waals surface area contributed by atoms with E-state index in [1.54, 1.807) is 6.08 Å². The third-order valence-corrected chi connectivity index (χ3v) is 5.30. The molecular formula is C24H20N2O5S. The number of hydrogen-bond donors (Lipinski definition) is 0.